The zero-order valence-corrected chi connectivity index (χ0v) is 12.0. The van der Waals surface area contributed by atoms with Crippen molar-refractivity contribution in [3.8, 4) is 0 Å². The highest BCUT2D eigenvalue weighted by molar-refractivity contribution is 5.76. The molecule has 0 amide bonds. The van der Waals surface area contributed by atoms with Crippen molar-refractivity contribution >= 4 is 11.9 Å². The summed E-state index contributed by atoms with van der Waals surface area (Å²) in [6.45, 7) is 10.0. The Hall–Kier alpha value is -1.10. The third kappa shape index (κ3) is 7.27. The molecule has 106 valence electrons. The SMILES string of the molecule is CCOC(=O)[C@@H](NCCC(=O)OC(C)C)C(C)C. The molecular formula is C13H25NO4. The van der Waals surface area contributed by atoms with Gasteiger partial charge in [0.25, 0.3) is 0 Å². The zero-order chi connectivity index (χ0) is 14.1. The van der Waals surface area contributed by atoms with Crippen LogP contribution in [0.25, 0.3) is 0 Å². The van der Waals surface area contributed by atoms with Crippen molar-refractivity contribution in [2.45, 2.75) is 53.2 Å². The zero-order valence-electron chi connectivity index (χ0n) is 12.0. The molecule has 1 N–H and O–H groups in total. The van der Waals surface area contributed by atoms with Gasteiger partial charge in [0.15, 0.2) is 0 Å². The number of ether oxygens (including phenoxy) is 2. The average molecular weight is 259 g/mol. The van der Waals surface area contributed by atoms with Crippen LogP contribution in [0.4, 0.5) is 0 Å². The van der Waals surface area contributed by atoms with Crippen molar-refractivity contribution in [2.75, 3.05) is 13.2 Å². The summed E-state index contributed by atoms with van der Waals surface area (Å²) in [5.74, 6) is -0.418. The van der Waals surface area contributed by atoms with Crippen molar-refractivity contribution in [1.82, 2.24) is 5.32 Å². The predicted molar refractivity (Wildman–Crippen MR) is 69.1 cm³/mol. The highest BCUT2D eigenvalue weighted by Crippen LogP contribution is 2.04. The van der Waals surface area contributed by atoms with E-state index in [-0.39, 0.29) is 36.4 Å². The molecule has 0 saturated heterocycles. The highest BCUT2D eigenvalue weighted by Gasteiger charge is 2.22. The molecule has 0 aliphatic carbocycles. The molecule has 0 heterocycles. The van der Waals surface area contributed by atoms with Gasteiger partial charge in [0.05, 0.1) is 19.1 Å². The minimum atomic E-state index is -0.378. The van der Waals surface area contributed by atoms with Gasteiger partial charge < -0.3 is 14.8 Å². The number of carbonyl (C=O) groups excluding carboxylic acids is 2. The summed E-state index contributed by atoms with van der Waals surface area (Å²) in [6, 6.07) is -0.378. The van der Waals surface area contributed by atoms with Gasteiger partial charge in [0.1, 0.15) is 6.04 Å². The van der Waals surface area contributed by atoms with Gasteiger partial charge in [0, 0.05) is 6.54 Å². The number of hydrogen-bond acceptors (Lipinski definition) is 5. The van der Waals surface area contributed by atoms with Gasteiger partial charge in [-0.15, -0.1) is 0 Å². The molecule has 5 heteroatoms. The Morgan fingerprint density at radius 2 is 1.78 bits per heavy atom. The molecule has 0 aromatic carbocycles. The molecule has 0 fully saturated rings. The molecule has 0 unspecified atom stereocenters. The lowest BCUT2D eigenvalue weighted by Gasteiger charge is -2.20. The maximum absolute atomic E-state index is 11.6. The van der Waals surface area contributed by atoms with E-state index in [9.17, 15) is 9.59 Å². The van der Waals surface area contributed by atoms with E-state index >= 15 is 0 Å². The van der Waals surface area contributed by atoms with E-state index in [1.54, 1.807) is 20.8 Å². The van der Waals surface area contributed by atoms with Gasteiger partial charge >= 0.3 is 11.9 Å². The van der Waals surface area contributed by atoms with Crippen molar-refractivity contribution < 1.29 is 19.1 Å². The first kappa shape index (κ1) is 16.9. The fourth-order valence-electron chi connectivity index (χ4n) is 1.47. The van der Waals surface area contributed by atoms with E-state index < -0.39 is 0 Å². The number of hydrogen-bond donors (Lipinski definition) is 1. The molecule has 0 aliphatic heterocycles. The van der Waals surface area contributed by atoms with E-state index in [4.69, 9.17) is 9.47 Å². The van der Waals surface area contributed by atoms with Crippen LogP contribution < -0.4 is 5.32 Å². The van der Waals surface area contributed by atoms with Crippen molar-refractivity contribution in [1.29, 1.82) is 0 Å². The molecule has 0 rings (SSSR count). The second-order valence-corrected chi connectivity index (χ2v) is 4.72. The summed E-state index contributed by atoms with van der Waals surface area (Å²) in [7, 11) is 0. The molecule has 0 aromatic heterocycles. The first-order valence-electron chi connectivity index (χ1n) is 6.48. The van der Waals surface area contributed by atoms with Gasteiger partial charge in [-0.2, -0.15) is 0 Å². The van der Waals surface area contributed by atoms with Crippen LogP contribution in [0.5, 0.6) is 0 Å². The Labute approximate surface area is 109 Å². The fourth-order valence-corrected chi connectivity index (χ4v) is 1.47. The van der Waals surface area contributed by atoms with Crippen LogP contribution in [0.2, 0.25) is 0 Å². The van der Waals surface area contributed by atoms with Gasteiger partial charge in [0.2, 0.25) is 0 Å². The monoisotopic (exact) mass is 259 g/mol. The lowest BCUT2D eigenvalue weighted by Crippen LogP contribution is -2.43. The maximum atomic E-state index is 11.6. The van der Waals surface area contributed by atoms with Crippen LogP contribution in [0, 0.1) is 5.92 Å². The topological polar surface area (TPSA) is 64.6 Å². The summed E-state index contributed by atoms with van der Waals surface area (Å²) >= 11 is 0. The van der Waals surface area contributed by atoms with Crippen molar-refractivity contribution in [3.05, 3.63) is 0 Å². The van der Waals surface area contributed by atoms with Crippen LogP contribution >= 0.6 is 0 Å². The first-order chi connectivity index (χ1) is 8.38. The molecule has 1 atom stereocenters. The minimum absolute atomic E-state index is 0.108. The summed E-state index contributed by atoms with van der Waals surface area (Å²) < 4.78 is 9.98. The van der Waals surface area contributed by atoms with Gasteiger partial charge in [-0.25, -0.2) is 0 Å². The third-order valence-corrected chi connectivity index (χ3v) is 2.27. The van der Waals surface area contributed by atoms with Crippen molar-refractivity contribution in [2.24, 2.45) is 5.92 Å². The molecule has 0 aromatic rings. The number of nitrogens with one attached hydrogen (secondary N) is 1. The Morgan fingerprint density at radius 3 is 2.22 bits per heavy atom. The summed E-state index contributed by atoms with van der Waals surface area (Å²) in [5, 5.41) is 3.03. The Kier molecular flexibility index (Phi) is 8.37. The fraction of sp³-hybridized carbons (Fsp3) is 0.846. The quantitative estimate of drug-likeness (QED) is 0.669. The van der Waals surface area contributed by atoms with Gasteiger partial charge in [-0.05, 0) is 26.7 Å². The van der Waals surface area contributed by atoms with Gasteiger partial charge in [-0.3, -0.25) is 9.59 Å². The number of esters is 2. The van der Waals surface area contributed by atoms with Crippen molar-refractivity contribution in [3.63, 3.8) is 0 Å². The Morgan fingerprint density at radius 1 is 1.17 bits per heavy atom. The largest absolute Gasteiger partial charge is 0.465 e. The standard InChI is InChI=1S/C13H25NO4/c1-6-17-13(16)12(9(2)3)14-8-7-11(15)18-10(4)5/h9-10,12,14H,6-8H2,1-5H3/t12-/m0/s1. The first-order valence-corrected chi connectivity index (χ1v) is 6.48. The number of rotatable bonds is 8. The molecule has 0 saturated carbocycles. The highest BCUT2D eigenvalue weighted by atomic mass is 16.5. The summed E-state index contributed by atoms with van der Waals surface area (Å²) in [5.41, 5.74) is 0. The average Bonchev–Trinajstić information content (AvgIpc) is 2.22. The molecule has 0 radical (unpaired) electrons. The molecule has 0 aliphatic rings. The van der Waals surface area contributed by atoms with E-state index in [1.807, 2.05) is 13.8 Å². The Bertz CT molecular complexity index is 264. The smallest absolute Gasteiger partial charge is 0.323 e. The Balaban J connectivity index is 4.05. The van der Waals surface area contributed by atoms with Crippen LogP contribution in [-0.2, 0) is 19.1 Å². The maximum Gasteiger partial charge on any atom is 0.323 e. The van der Waals surface area contributed by atoms with Crippen LogP contribution in [0.3, 0.4) is 0 Å². The van der Waals surface area contributed by atoms with Crippen LogP contribution in [0.1, 0.15) is 41.0 Å². The molecule has 0 spiro atoms. The van der Waals surface area contributed by atoms with Crippen LogP contribution in [-0.4, -0.2) is 37.2 Å². The molecule has 5 nitrogen and oxygen atoms in total. The minimum Gasteiger partial charge on any atom is -0.465 e. The lowest BCUT2D eigenvalue weighted by atomic mass is 10.0. The summed E-state index contributed by atoms with van der Waals surface area (Å²) in [6.07, 6.45) is 0.143. The van der Waals surface area contributed by atoms with E-state index in [1.165, 1.54) is 0 Å². The number of carbonyl (C=O) groups is 2. The van der Waals surface area contributed by atoms with E-state index in [0.29, 0.717) is 13.2 Å². The normalized spacial score (nSPS) is 12.6. The van der Waals surface area contributed by atoms with Gasteiger partial charge in [-0.1, -0.05) is 13.8 Å². The summed E-state index contributed by atoms with van der Waals surface area (Å²) in [4.78, 5) is 23.0. The molecule has 18 heavy (non-hydrogen) atoms. The van der Waals surface area contributed by atoms with E-state index in [2.05, 4.69) is 5.32 Å². The lowest BCUT2D eigenvalue weighted by molar-refractivity contribution is -0.149. The second kappa shape index (κ2) is 8.91. The van der Waals surface area contributed by atoms with E-state index in [0.717, 1.165) is 0 Å². The van der Waals surface area contributed by atoms with Crippen LogP contribution in [0.15, 0.2) is 0 Å². The predicted octanol–water partition coefficient (Wildman–Crippen LogP) is 1.51. The second-order valence-electron chi connectivity index (χ2n) is 4.72. The third-order valence-electron chi connectivity index (χ3n) is 2.27. The molecule has 0 bridgehead atoms. The molecular weight excluding hydrogens is 234 g/mol.